The molecule has 2 rings (SSSR count). The molecule has 0 saturated carbocycles. The summed E-state index contributed by atoms with van der Waals surface area (Å²) in [4.78, 5) is 4.11. The molecule has 1 heterocycles. The first-order valence-corrected chi connectivity index (χ1v) is 6.03. The molecule has 1 aromatic carbocycles. The molecule has 0 unspecified atom stereocenters. The van der Waals surface area contributed by atoms with E-state index < -0.39 is 0 Å². The second kappa shape index (κ2) is 5.94. The van der Waals surface area contributed by atoms with Crippen LogP contribution in [0.1, 0.15) is 5.69 Å². The molecular formula is C13H11Cl2NO2. The molecule has 5 heteroatoms. The third kappa shape index (κ3) is 3.06. The highest BCUT2D eigenvalue weighted by atomic mass is 35.5. The van der Waals surface area contributed by atoms with Gasteiger partial charge in [-0.2, -0.15) is 0 Å². The second-order valence-electron chi connectivity index (χ2n) is 3.50. The Morgan fingerprint density at radius 3 is 2.50 bits per heavy atom. The zero-order valence-corrected chi connectivity index (χ0v) is 11.2. The maximum atomic E-state index is 6.00. The van der Waals surface area contributed by atoms with E-state index >= 15 is 0 Å². The van der Waals surface area contributed by atoms with Crippen molar-refractivity contribution < 1.29 is 9.47 Å². The number of hydrogen-bond acceptors (Lipinski definition) is 3. The molecule has 1 aromatic heterocycles. The van der Waals surface area contributed by atoms with E-state index in [2.05, 4.69) is 4.98 Å². The van der Waals surface area contributed by atoms with Crippen LogP contribution in [0, 0.1) is 0 Å². The summed E-state index contributed by atoms with van der Waals surface area (Å²) in [7, 11) is 1.59. The largest absolute Gasteiger partial charge is 0.493 e. The van der Waals surface area contributed by atoms with E-state index in [1.165, 1.54) is 0 Å². The molecule has 94 valence electrons. The molecule has 0 aliphatic heterocycles. The first-order chi connectivity index (χ1) is 8.70. The Kier molecular flexibility index (Phi) is 4.28. The van der Waals surface area contributed by atoms with E-state index in [-0.39, 0.29) is 6.61 Å². The number of rotatable bonds is 4. The van der Waals surface area contributed by atoms with Crippen molar-refractivity contribution in [3.05, 3.63) is 52.3 Å². The average Bonchev–Trinajstić information content (AvgIpc) is 2.40. The first kappa shape index (κ1) is 13.0. The molecule has 0 bridgehead atoms. The molecule has 2 aromatic rings. The molecule has 3 nitrogen and oxygen atoms in total. The van der Waals surface area contributed by atoms with Crippen molar-refractivity contribution in [2.45, 2.75) is 6.61 Å². The van der Waals surface area contributed by atoms with Crippen molar-refractivity contribution in [1.82, 2.24) is 4.98 Å². The number of benzene rings is 1. The van der Waals surface area contributed by atoms with Crippen LogP contribution in [-0.2, 0) is 6.61 Å². The minimum Gasteiger partial charge on any atom is -0.493 e. The van der Waals surface area contributed by atoms with E-state index in [0.717, 1.165) is 0 Å². The van der Waals surface area contributed by atoms with Crippen LogP contribution in [-0.4, -0.2) is 12.1 Å². The molecule has 0 atom stereocenters. The van der Waals surface area contributed by atoms with Gasteiger partial charge in [0.1, 0.15) is 11.8 Å². The highest BCUT2D eigenvalue weighted by molar-refractivity contribution is 6.32. The van der Waals surface area contributed by atoms with Crippen LogP contribution in [0.15, 0.2) is 36.4 Å². The Morgan fingerprint density at radius 1 is 1.06 bits per heavy atom. The van der Waals surface area contributed by atoms with Gasteiger partial charge in [0.15, 0.2) is 11.5 Å². The van der Waals surface area contributed by atoms with E-state index in [4.69, 9.17) is 32.7 Å². The fraction of sp³-hybridized carbons (Fsp3) is 0.154. The van der Waals surface area contributed by atoms with Gasteiger partial charge in [-0.15, -0.1) is 0 Å². The molecule has 0 fully saturated rings. The molecule has 0 saturated heterocycles. The lowest BCUT2D eigenvalue weighted by molar-refractivity contribution is 0.281. The van der Waals surface area contributed by atoms with Crippen LogP contribution in [0.25, 0.3) is 0 Å². The van der Waals surface area contributed by atoms with Crippen LogP contribution in [0.5, 0.6) is 11.5 Å². The molecule has 0 radical (unpaired) electrons. The third-order valence-electron chi connectivity index (χ3n) is 2.32. The van der Waals surface area contributed by atoms with Gasteiger partial charge < -0.3 is 9.47 Å². The number of methoxy groups -OCH3 is 1. The van der Waals surface area contributed by atoms with Gasteiger partial charge in [-0.25, -0.2) is 4.98 Å². The maximum absolute atomic E-state index is 6.00. The average molecular weight is 284 g/mol. The molecule has 18 heavy (non-hydrogen) atoms. The van der Waals surface area contributed by atoms with Crippen molar-refractivity contribution in [2.24, 2.45) is 0 Å². The fourth-order valence-corrected chi connectivity index (χ4v) is 1.77. The van der Waals surface area contributed by atoms with Crippen LogP contribution in [0.2, 0.25) is 10.2 Å². The number of nitrogens with zero attached hydrogens (tertiary/aromatic N) is 1. The van der Waals surface area contributed by atoms with Crippen molar-refractivity contribution >= 4 is 23.2 Å². The number of hydrogen-bond donors (Lipinski definition) is 0. The van der Waals surface area contributed by atoms with Gasteiger partial charge in [0.05, 0.1) is 17.8 Å². The van der Waals surface area contributed by atoms with Crippen molar-refractivity contribution in [3.63, 3.8) is 0 Å². The lowest BCUT2D eigenvalue weighted by Crippen LogP contribution is -2.00. The molecule has 0 aliphatic carbocycles. The SMILES string of the molecule is COc1ccccc1OCc1nc(Cl)ccc1Cl. The van der Waals surface area contributed by atoms with Gasteiger partial charge in [0, 0.05) is 0 Å². The van der Waals surface area contributed by atoms with Gasteiger partial charge >= 0.3 is 0 Å². The Morgan fingerprint density at radius 2 is 1.78 bits per heavy atom. The Hall–Kier alpha value is -1.45. The first-order valence-electron chi connectivity index (χ1n) is 5.27. The van der Waals surface area contributed by atoms with Gasteiger partial charge in [-0.1, -0.05) is 35.3 Å². The van der Waals surface area contributed by atoms with Crippen molar-refractivity contribution in [3.8, 4) is 11.5 Å². The maximum Gasteiger partial charge on any atom is 0.161 e. The third-order valence-corrected chi connectivity index (χ3v) is 2.87. The highest BCUT2D eigenvalue weighted by Crippen LogP contribution is 2.27. The zero-order chi connectivity index (χ0) is 13.0. The van der Waals surface area contributed by atoms with Gasteiger partial charge in [0.25, 0.3) is 0 Å². The smallest absolute Gasteiger partial charge is 0.161 e. The van der Waals surface area contributed by atoms with Gasteiger partial charge in [0.2, 0.25) is 0 Å². The Balaban J connectivity index is 2.14. The van der Waals surface area contributed by atoms with Crippen LogP contribution in [0.4, 0.5) is 0 Å². The number of pyridine rings is 1. The monoisotopic (exact) mass is 283 g/mol. The summed E-state index contributed by atoms with van der Waals surface area (Å²) in [6.45, 7) is 0.236. The van der Waals surface area contributed by atoms with E-state index in [1.807, 2.05) is 24.3 Å². The highest BCUT2D eigenvalue weighted by Gasteiger charge is 2.07. The molecular weight excluding hydrogens is 273 g/mol. The number of aromatic nitrogens is 1. The number of para-hydroxylation sites is 2. The predicted molar refractivity (Wildman–Crippen MR) is 71.6 cm³/mol. The van der Waals surface area contributed by atoms with Crippen molar-refractivity contribution in [1.29, 1.82) is 0 Å². The molecule has 0 amide bonds. The Labute approximate surface area is 115 Å². The summed E-state index contributed by atoms with van der Waals surface area (Å²) >= 11 is 11.8. The quantitative estimate of drug-likeness (QED) is 0.796. The summed E-state index contributed by atoms with van der Waals surface area (Å²) in [5.74, 6) is 1.30. The summed E-state index contributed by atoms with van der Waals surface area (Å²) < 4.78 is 10.8. The van der Waals surface area contributed by atoms with E-state index in [1.54, 1.807) is 19.2 Å². The van der Waals surface area contributed by atoms with Crippen LogP contribution >= 0.6 is 23.2 Å². The predicted octanol–water partition coefficient (Wildman–Crippen LogP) is 3.98. The van der Waals surface area contributed by atoms with Crippen molar-refractivity contribution in [2.75, 3.05) is 7.11 Å². The Bertz CT molecular complexity index is 546. The molecule has 0 aliphatic rings. The summed E-state index contributed by atoms with van der Waals surface area (Å²) in [5.41, 5.74) is 0.593. The zero-order valence-electron chi connectivity index (χ0n) is 9.69. The topological polar surface area (TPSA) is 31.4 Å². The second-order valence-corrected chi connectivity index (χ2v) is 4.30. The lowest BCUT2D eigenvalue weighted by atomic mass is 10.3. The van der Waals surface area contributed by atoms with E-state index in [0.29, 0.717) is 27.4 Å². The standard InChI is InChI=1S/C13H11Cl2NO2/c1-17-11-4-2-3-5-12(11)18-8-10-9(14)6-7-13(15)16-10/h2-7H,8H2,1H3. The lowest BCUT2D eigenvalue weighted by Gasteiger charge is -2.10. The van der Waals surface area contributed by atoms with E-state index in [9.17, 15) is 0 Å². The summed E-state index contributed by atoms with van der Waals surface area (Å²) in [5, 5.41) is 0.910. The normalized spacial score (nSPS) is 10.2. The summed E-state index contributed by atoms with van der Waals surface area (Å²) in [6, 6.07) is 10.7. The van der Waals surface area contributed by atoms with Crippen LogP contribution in [0.3, 0.4) is 0 Å². The van der Waals surface area contributed by atoms with Crippen LogP contribution < -0.4 is 9.47 Å². The molecule has 0 spiro atoms. The van der Waals surface area contributed by atoms with Gasteiger partial charge in [-0.05, 0) is 24.3 Å². The minimum atomic E-state index is 0.236. The molecule has 0 N–H and O–H groups in total. The number of halogens is 2. The number of ether oxygens (including phenoxy) is 2. The van der Waals surface area contributed by atoms with Gasteiger partial charge in [-0.3, -0.25) is 0 Å². The minimum absolute atomic E-state index is 0.236. The fourth-order valence-electron chi connectivity index (χ4n) is 1.44. The summed E-state index contributed by atoms with van der Waals surface area (Å²) in [6.07, 6.45) is 0.